The van der Waals surface area contributed by atoms with Crippen molar-refractivity contribution in [1.82, 2.24) is 5.32 Å². The highest BCUT2D eigenvalue weighted by Crippen LogP contribution is 2.38. The molecule has 1 aromatic rings. The van der Waals surface area contributed by atoms with Gasteiger partial charge in [0.15, 0.2) is 11.5 Å². The van der Waals surface area contributed by atoms with Gasteiger partial charge in [-0.1, -0.05) is 0 Å². The zero-order valence-electron chi connectivity index (χ0n) is 14.2. The van der Waals surface area contributed by atoms with Crippen molar-refractivity contribution in [2.75, 3.05) is 34.5 Å². The second-order valence-corrected chi connectivity index (χ2v) is 4.40. The van der Waals surface area contributed by atoms with E-state index in [9.17, 15) is 4.79 Å². The van der Waals surface area contributed by atoms with Crippen LogP contribution in [0.4, 0.5) is 0 Å². The number of nitrogens with one attached hydrogen (secondary N) is 1. The number of carbonyl (C=O) groups excluding carboxylic acids is 1. The van der Waals surface area contributed by atoms with Crippen LogP contribution in [0.2, 0.25) is 0 Å². The summed E-state index contributed by atoms with van der Waals surface area (Å²) in [6, 6.07) is 3.50. The lowest BCUT2D eigenvalue weighted by Crippen LogP contribution is -2.22. The van der Waals surface area contributed by atoms with Crippen molar-refractivity contribution in [3.63, 3.8) is 0 Å². The maximum atomic E-state index is 11.6. The Balaban J connectivity index is 0.00000129. The molecule has 0 heterocycles. The van der Waals surface area contributed by atoms with Crippen molar-refractivity contribution in [2.45, 2.75) is 6.42 Å². The number of rotatable bonds is 8. The van der Waals surface area contributed by atoms with Gasteiger partial charge in [0, 0.05) is 19.2 Å². The summed E-state index contributed by atoms with van der Waals surface area (Å²) < 4.78 is 15.7. The number of aliphatic hydroxyl groups is 1. The fourth-order valence-corrected chi connectivity index (χ4v) is 1.72. The Kier molecular flexibility index (Phi) is 10.9. The van der Waals surface area contributed by atoms with Crippen LogP contribution < -0.4 is 19.5 Å². The fourth-order valence-electron chi connectivity index (χ4n) is 1.72. The van der Waals surface area contributed by atoms with Gasteiger partial charge in [-0.05, 0) is 30.2 Å². The molecule has 25 heavy (non-hydrogen) atoms. The summed E-state index contributed by atoms with van der Waals surface area (Å²) in [4.78, 5) is 19.9. The number of carbonyl (C=O) groups is 1. The number of methoxy groups -OCH3 is 3. The van der Waals surface area contributed by atoms with Crippen LogP contribution in [0, 0.1) is 10.1 Å². The maximum Gasteiger partial charge on any atom is 0.291 e. The monoisotopic (exact) mass is 358 g/mol. The highest BCUT2D eigenvalue weighted by Gasteiger charge is 2.12. The molecule has 10 heteroatoms. The van der Waals surface area contributed by atoms with Gasteiger partial charge >= 0.3 is 0 Å². The zero-order valence-corrected chi connectivity index (χ0v) is 14.2. The summed E-state index contributed by atoms with van der Waals surface area (Å²) >= 11 is 0. The van der Waals surface area contributed by atoms with Crippen LogP contribution in [0.5, 0.6) is 17.2 Å². The maximum absolute atomic E-state index is 11.6. The Morgan fingerprint density at radius 1 is 1.24 bits per heavy atom. The van der Waals surface area contributed by atoms with Crippen LogP contribution in [0.3, 0.4) is 0 Å². The van der Waals surface area contributed by atoms with Crippen molar-refractivity contribution in [3.8, 4) is 17.2 Å². The lowest BCUT2D eigenvalue weighted by atomic mass is 10.1. The number of benzene rings is 1. The van der Waals surface area contributed by atoms with Crippen LogP contribution in [0.25, 0.3) is 6.08 Å². The van der Waals surface area contributed by atoms with Gasteiger partial charge in [0.05, 0.1) is 21.3 Å². The highest BCUT2D eigenvalue weighted by atomic mass is 16.9. The molecular weight excluding hydrogens is 336 g/mol. The predicted molar refractivity (Wildman–Crippen MR) is 88.6 cm³/mol. The molecule has 1 amide bonds. The number of aliphatic hydroxyl groups excluding tert-OH is 1. The highest BCUT2D eigenvalue weighted by molar-refractivity contribution is 5.91. The van der Waals surface area contributed by atoms with Crippen LogP contribution in [0.1, 0.15) is 12.0 Å². The van der Waals surface area contributed by atoms with Crippen LogP contribution in [-0.2, 0) is 4.79 Å². The molecule has 0 unspecified atom stereocenters. The molecule has 0 spiro atoms. The Labute approximate surface area is 144 Å². The normalized spacial score (nSPS) is 9.76. The second kappa shape index (κ2) is 12.4. The van der Waals surface area contributed by atoms with E-state index in [0.717, 1.165) is 5.56 Å². The van der Waals surface area contributed by atoms with Crippen molar-refractivity contribution in [1.29, 1.82) is 0 Å². The third kappa shape index (κ3) is 9.01. The molecule has 1 rings (SSSR count). The van der Waals surface area contributed by atoms with Gasteiger partial charge in [0.25, 0.3) is 5.09 Å². The minimum Gasteiger partial charge on any atom is -0.493 e. The molecule has 0 saturated heterocycles. The third-order valence-corrected chi connectivity index (χ3v) is 2.75. The molecule has 0 saturated carbocycles. The van der Waals surface area contributed by atoms with Crippen molar-refractivity contribution < 1.29 is 34.4 Å². The Bertz CT molecular complexity index is 560. The topological polar surface area (TPSA) is 140 Å². The quantitative estimate of drug-likeness (QED) is 0.269. The molecule has 1 aromatic carbocycles. The molecule has 3 N–H and O–H groups in total. The van der Waals surface area contributed by atoms with E-state index >= 15 is 0 Å². The standard InChI is InChI=1S/C15H21NO5.HNO3/c1-19-12-9-11(10-13(20-2)15(12)21-3)5-6-14(18)16-7-4-8-17;2-1(3)4/h5-6,9-10,17H,4,7-8H2,1-3H3,(H,16,18);(H,2,3,4). The predicted octanol–water partition coefficient (Wildman–Crippen LogP) is 0.877. The molecule has 0 aliphatic rings. The van der Waals surface area contributed by atoms with Gasteiger partial charge in [-0.15, -0.1) is 10.1 Å². The van der Waals surface area contributed by atoms with E-state index in [4.69, 9.17) is 34.6 Å². The van der Waals surface area contributed by atoms with E-state index in [1.165, 1.54) is 27.4 Å². The molecule has 0 aliphatic carbocycles. The zero-order chi connectivity index (χ0) is 19.2. The first-order chi connectivity index (χ1) is 11.9. The van der Waals surface area contributed by atoms with Crippen LogP contribution in [-0.4, -0.2) is 55.8 Å². The summed E-state index contributed by atoms with van der Waals surface area (Å²) in [5, 5.41) is 24.9. The number of nitrogens with zero attached hydrogens (tertiary/aromatic N) is 1. The van der Waals surface area contributed by atoms with Crippen molar-refractivity contribution in [3.05, 3.63) is 33.9 Å². The van der Waals surface area contributed by atoms with Gasteiger partial charge in [0.1, 0.15) is 0 Å². The first-order valence-corrected chi connectivity index (χ1v) is 7.09. The van der Waals surface area contributed by atoms with E-state index in [1.54, 1.807) is 18.2 Å². The number of hydrogen-bond acceptors (Lipinski definition) is 7. The fraction of sp³-hybridized carbons (Fsp3) is 0.400. The molecule has 0 aliphatic heterocycles. The van der Waals surface area contributed by atoms with E-state index < -0.39 is 5.09 Å². The summed E-state index contributed by atoms with van der Waals surface area (Å²) in [6.07, 6.45) is 3.60. The first-order valence-electron chi connectivity index (χ1n) is 7.09. The van der Waals surface area contributed by atoms with Crippen LogP contribution >= 0.6 is 0 Å². The van der Waals surface area contributed by atoms with Gasteiger partial charge in [-0.3, -0.25) is 4.79 Å². The average Bonchev–Trinajstić information content (AvgIpc) is 2.58. The average molecular weight is 358 g/mol. The Morgan fingerprint density at radius 3 is 2.16 bits per heavy atom. The van der Waals surface area contributed by atoms with Crippen molar-refractivity contribution in [2.24, 2.45) is 0 Å². The lowest BCUT2D eigenvalue weighted by Gasteiger charge is -2.12. The Hall–Kier alpha value is -3.01. The van der Waals surface area contributed by atoms with Gasteiger partial charge in [-0.25, -0.2) is 0 Å². The summed E-state index contributed by atoms with van der Waals surface area (Å²) in [5.41, 5.74) is 0.752. The summed E-state index contributed by atoms with van der Waals surface area (Å²) in [6.45, 7) is 0.492. The van der Waals surface area contributed by atoms with Crippen molar-refractivity contribution >= 4 is 12.0 Å². The minimum absolute atomic E-state index is 0.0525. The van der Waals surface area contributed by atoms with E-state index in [0.29, 0.717) is 30.2 Å². The Morgan fingerprint density at radius 2 is 1.76 bits per heavy atom. The molecule has 0 radical (unpaired) electrons. The number of hydrogen-bond donors (Lipinski definition) is 3. The van der Waals surface area contributed by atoms with E-state index in [2.05, 4.69) is 5.32 Å². The molecule has 0 aromatic heterocycles. The molecule has 0 fully saturated rings. The minimum atomic E-state index is -1.50. The molecule has 0 bridgehead atoms. The second-order valence-electron chi connectivity index (χ2n) is 4.40. The number of amides is 1. The molecule has 140 valence electrons. The third-order valence-electron chi connectivity index (χ3n) is 2.75. The molecule has 10 nitrogen and oxygen atoms in total. The molecular formula is C15H22N2O8. The van der Waals surface area contributed by atoms with Gasteiger partial charge < -0.3 is 29.8 Å². The SMILES string of the molecule is COc1cc(C=CC(=O)NCCCO)cc(OC)c1OC.O=[N+]([O-])O. The van der Waals surface area contributed by atoms with Gasteiger partial charge in [-0.2, -0.15) is 0 Å². The smallest absolute Gasteiger partial charge is 0.291 e. The lowest BCUT2D eigenvalue weighted by molar-refractivity contribution is -0.742. The summed E-state index contributed by atoms with van der Waals surface area (Å²) in [7, 11) is 4.60. The molecule has 0 atom stereocenters. The van der Waals surface area contributed by atoms with E-state index in [1.807, 2.05) is 0 Å². The van der Waals surface area contributed by atoms with E-state index in [-0.39, 0.29) is 12.5 Å². The number of ether oxygens (including phenoxy) is 3. The van der Waals surface area contributed by atoms with Crippen LogP contribution in [0.15, 0.2) is 18.2 Å². The van der Waals surface area contributed by atoms with Gasteiger partial charge in [0.2, 0.25) is 11.7 Å². The summed E-state index contributed by atoms with van der Waals surface area (Å²) in [5.74, 6) is 1.33. The largest absolute Gasteiger partial charge is 0.493 e. The first kappa shape index (κ1) is 22.0.